The maximum Gasteiger partial charge on any atom is 0.180 e. The van der Waals surface area contributed by atoms with Gasteiger partial charge in [-0.1, -0.05) is 11.3 Å². The van der Waals surface area contributed by atoms with E-state index in [0.717, 1.165) is 0 Å². The first-order valence-electron chi connectivity index (χ1n) is 6.75. The van der Waals surface area contributed by atoms with E-state index in [1.54, 1.807) is 24.4 Å². The lowest BCUT2D eigenvalue weighted by Crippen LogP contribution is -2.56. The SMILES string of the molecule is OCC1O[C@@H](n2cc(-c3ccccn3)nn2)C(O)[C@@H](O)[C@@H]1O. The fourth-order valence-corrected chi connectivity index (χ4v) is 2.33. The van der Waals surface area contributed by atoms with Crippen LogP contribution < -0.4 is 0 Å². The highest BCUT2D eigenvalue weighted by atomic mass is 16.6. The number of aliphatic hydroxyl groups is 4. The first-order chi connectivity index (χ1) is 10.6. The molecule has 0 aliphatic carbocycles. The minimum atomic E-state index is -1.46. The molecule has 2 unspecified atom stereocenters. The van der Waals surface area contributed by atoms with Gasteiger partial charge in [-0.2, -0.15) is 0 Å². The summed E-state index contributed by atoms with van der Waals surface area (Å²) in [5.41, 5.74) is 1.07. The number of hydrogen-bond acceptors (Lipinski definition) is 8. The molecule has 3 heterocycles. The molecule has 2 aromatic rings. The van der Waals surface area contributed by atoms with Gasteiger partial charge in [0.15, 0.2) is 6.23 Å². The molecule has 1 saturated heterocycles. The normalized spacial score (nSPS) is 32.1. The zero-order chi connectivity index (χ0) is 15.7. The highest BCUT2D eigenvalue weighted by Crippen LogP contribution is 2.28. The fraction of sp³-hybridized carbons (Fsp3) is 0.462. The third-order valence-corrected chi connectivity index (χ3v) is 3.57. The Balaban J connectivity index is 1.86. The summed E-state index contributed by atoms with van der Waals surface area (Å²) in [5, 5.41) is 46.6. The van der Waals surface area contributed by atoms with E-state index >= 15 is 0 Å². The van der Waals surface area contributed by atoms with E-state index in [2.05, 4.69) is 15.3 Å². The Labute approximate surface area is 125 Å². The van der Waals surface area contributed by atoms with Crippen molar-refractivity contribution in [3.05, 3.63) is 30.6 Å². The molecule has 0 spiro atoms. The lowest BCUT2D eigenvalue weighted by molar-refractivity contribution is -0.254. The van der Waals surface area contributed by atoms with Crippen LogP contribution in [-0.2, 0) is 4.74 Å². The molecule has 0 radical (unpaired) electrons. The number of aliphatic hydroxyl groups excluding tert-OH is 4. The second kappa shape index (κ2) is 6.07. The third-order valence-electron chi connectivity index (χ3n) is 3.57. The van der Waals surface area contributed by atoms with E-state index in [1.807, 2.05) is 0 Å². The monoisotopic (exact) mass is 308 g/mol. The molecule has 2 aromatic heterocycles. The number of hydrogen-bond donors (Lipinski definition) is 4. The van der Waals surface area contributed by atoms with E-state index in [-0.39, 0.29) is 0 Å². The molecule has 0 aromatic carbocycles. The van der Waals surface area contributed by atoms with Crippen molar-refractivity contribution in [1.82, 2.24) is 20.0 Å². The van der Waals surface area contributed by atoms with Crippen molar-refractivity contribution in [2.75, 3.05) is 6.61 Å². The number of nitrogens with zero attached hydrogens (tertiary/aromatic N) is 4. The molecular formula is C13H16N4O5. The average Bonchev–Trinajstić information content (AvgIpc) is 3.04. The van der Waals surface area contributed by atoms with Crippen LogP contribution in [0.15, 0.2) is 30.6 Å². The minimum absolute atomic E-state index is 0.470. The van der Waals surface area contributed by atoms with Crippen LogP contribution in [-0.4, -0.2) is 71.4 Å². The highest BCUT2D eigenvalue weighted by Gasteiger charge is 2.44. The van der Waals surface area contributed by atoms with Crippen LogP contribution in [0.2, 0.25) is 0 Å². The number of pyridine rings is 1. The van der Waals surface area contributed by atoms with Crippen molar-refractivity contribution >= 4 is 0 Å². The van der Waals surface area contributed by atoms with Crippen molar-refractivity contribution in [1.29, 1.82) is 0 Å². The van der Waals surface area contributed by atoms with Gasteiger partial charge in [0, 0.05) is 6.20 Å². The fourth-order valence-electron chi connectivity index (χ4n) is 2.33. The zero-order valence-electron chi connectivity index (χ0n) is 11.5. The van der Waals surface area contributed by atoms with Crippen molar-refractivity contribution < 1.29 is 25.2 Å². The standard InChI is InChI=1S/C13H16N4O5/c18-6-9-10(19)11(20)12(21)13(22-9)17-5-8(15-16-17)7-3-1-2-4-14-7/h1-5,9-13,18-21H,6H2/t9?,10-,11+,12?,13-/m1/s1. The zero-order valence-corrected chi connectivity index (χ0v) is 11.5. The Bertz CT molecular complexity index is 620. The molecule has 4 N–H and O–H groups in total. The molecule has 0 amide bonds. The molecule has 0 saturated carbocycles. The van der Waals surface area contributed by atoms with Gasteiger partial charge in [-0.25, -0.2) is 4.68 Å². The Kier molecular flexibility index (Phi) is 4.14. The van der Waals surface area contributed by atoms with Crippen LogP contribution in [0, 0.1) is 0 Å². The lowest BCUT2D eigenvalue weighted by Gasteiger charge is -2.39. The summed E-state index contributed by atoms with van der Waals surface area (Å²) >= 11 is 0. The number of ether oxygens (including phenoxy) is 1. The van der Waals surface area contributed by atoms with Crippen LogP contribution in [0.25, 0.3) is 11.4 Å². The Morgan fingerprint density at radius 2 is 1.91 bits per heavy atom. The Morgan fingerprint density at radius 1 is 1.09 bits per heavy atom. The van der Waals surface area contributed by atoms with Gasteiger partial charge >= 0.3 is 0 Å². The summed E-state index contributed by atoms with van der Waals surface area (Å²) < 4.78 is 6.62. The van der Waals surface area contributed by atoms with E-state index in [1.165, 1.54) is 10.9 Å². The van der Waals surface area contributed by atoms with E-state index in [4.69, 9.17) is 4.74 Å². The topological polar surface area (TPSA) is 134 Å². The number of aromatic nitrogens is 4. The smallest absolute Gasteiger partial charge is 0.180 e. The molecule has 9 heteroatoms. The van der Waals surface area contributed by atoms with Crippen molar-refractivity contribution in [3.8, 4) is 11.4 Å². The van der Waals surface area contributed by atoms with E-state index in [9.17, 15) is 20.4 Å². The quantitative estimate of drug-likeness (QED) is 0.528. The predicted octanol–water partition coefficient (Wildman–Crippen LogP) is -1.69. The van der Waals surface area contributed by atoms with Crippen LogP contribution in [0.4, 0.5) is 0 Å². The van der Waals surface area contributed by atoms with Crippen molar-refractivity contribution in [3.63, 3.8) is 0 Å². The molecular weight excluding hydrogens is 292 g/mol. The molecule has 3 rings (SSSR count). The van der Waals surface area contributed by atoms with Crippen LogP contribution >= 0.6 is 0 Å². The maximum atomic E-state index is 10.0. The molecule has 1 fully saturated rings. The Hall–Kier alpha value is -1.91. The molecule has 0 bridgehead atoms. The van der Waals surface area contributed by atoms with Gasteiger partial charge in [-0.3, -0.25) is 4.98 Å². The predicted molar refractivity (Wildman–Crippen MR) is 72.3 cm³/mol. The van der Waals surface area contributed by atoms with Crippen molar-refractivity contribution in [2.24, 2.45) is 0 Å². The van der Waals surface area contributed by atoms with E-state index < -0.39 is 37.3 Å². The van der Waals surface area contributed by atoms with Gasteiger partial charge in [-0.15, -0.1) is 5.10 Å². The van der Waals surface area contributed by atoms with Gasteiger partial charge in [-0.05, 0) is 12.1 Å². The summed E-state index contributed by atoms with van der Waals surface area (Å²) in [5.74, 6) is 0. The van der Waals surface area contributed by atoms with Crippen molar-refractivity contribution in [2.45, 2.75) is 30.6 Å². The third kappa shape index (κ3) is 2.60. The maximum absolute atomic E-state index is 10.0. The van der Waals surface area contributed by atoms with Gasteiger partial charge in [0.25, 0.3) is 0 Å². The molecule has 118 valence electrons. The molecule has 1 aliphatic rings. The number of rotatable bonds is 3. The largest absolute Gasteiger partial charge is 0.394 e. The first-order valence-corrected chi connectivity index (χ1v) is 6.75. The summed E-state index contributed by atoms with van der Waals surface area (Å²) in [4.78, 5) is 4.14. The molecule has 22 heavy (non-hydrogen) atoms. The molecule has 1 aliphatic heterocycles. The summed E-state index contributed by atoms with van der Waals surface area (Å²) in [6, 6.07) is 5.32. The summed E-state index contributed by atoms with van der Waals surface area (Å²) in [7, 11) is 0. The van der Waals surface area contributed by atoms with Crippen LogP contribution in [0.1, 0.15) is 6.23 Å². The highest BCUT2D eigenvalue weighted by molar-refractivity contribution is 5.51. The van der Waals surface area contributed by atoms with Gasteiger partial charge in [0.1, 0.15) is 30.1 Å². The first kappa shape index (κ1) is 15.0. The molecule has 5 atom stereocenters. The van der Waals surface area contributed by atoms with Crippen LogP contribution in [0.5, 0.6) is 0 Å². The summed E-state index contributed by atoms with van der Waals surface area (Å²) in [6.07, 6.45) is -3.21. The van der Waals surface area contributed by atoms with Gasteiger partial charge < -0.3 is 25.2 Å². The van der Waals surface area contributed by atoms with Gasteiger partial charge in [0.2, 0.25) is 0 Å². The Morgan fingerprint density at radius 3 is 2.59 bits per heavy atom. The summed E-state index contributed by atoms with van der Waals surface area (Å²) in [6.45, 7) is -0.497. The van der Waals surface area contributed by atoms with Gasteiger partial charge in [0.05, 0.1) is 18.5 Å². The van der Waals surface area contributed by atoms with E-state index in [0.29, 0.717) is 11.4 Å². The molecule has 9 nitrogen and oxygen atoms in total. The lowest BCUT2D eigenvalue weighted by atomic mass is 9.98. The second-order valence-electron chi connectivity index (χ2n) is 5.02. The minimum Gasteiger partial charge on any atom is -0.394 e. The second-order valence-corrected chi connectivity index (χ2v) is 5.02. The van der Waals surface area contributed by atoms with Crippen LogP contribution in [0.3, 0.4) is 0 Å². The average molecular weight is 308 g/mol.